The van der Waals surface area contributed by atoms with Crippen LogP contribution in [-0.4, -0.2) is 33.6 Å². The molecule has 0 fully saturated rings. The van der Waals surface area contributed by atoms with Gasteiger partial charge in [-0.2, -0.15) is 0 Å². The van der Waals surface area contributed by atoms with Crippen molar-refractivity contribution < 1.29 is 14.3 Å². The average Bonchev–Trinajstić information content (AvgIpc) is 2.36. The zero-order valence-electron chi connectivity index (χ0n) is 13.7. The minimum Gasteiger partial charge on any atom is -0.444 e. The van der Waals surface area contributed by atoms with Gasteiger partial charge in [-0.3, -0.25) is 9.78 Å². The van der Waals surface area contributed by atoms with Gasteiger partial charge in [0.05, 0.1) is 6.20 Å². The standard InChI is InChI=1S/C15H24N4O3/c1-10(2)8-11(18-14(21)22-15(3,4)5)13(20)19-12-9-16-6-7-17-12/h6-7,9-11H,8H2,1-5H3,(H,18,21)(H,17,19,20)/t11-/m0/s1. The topological polar surface area (TPSA) is 93.2 Å². The van der Waals surface area contributed by atoms with Gasteiger partial charge in [-0.1, -0.05) is 13.8 Å². The molecule has 0 aromatic carbocycles. The molecule has 22 heavy (non-hydrogen) atoms. The Morgan fingerprint density at radius 3 is 2.45 bits per heavy atom. The van der Waals surface area contributed by atoms with Crippen molar-refractivity contribution in [1.82, 2.24) is 15.3 Å². The number of aromatic nitrogens is 2. The number of nitrogens with zero attached hydrogens (tertiary/aromatic N) is 2. The predicted octanol–water partition coefficient (Wildman–Crippen LogP) is 2.35. The molecule has 1 atom stereocenters. The second kappa shape index (κ2) is 7.72. The molecule has 122 valence electrons. The Labute approximate surface area is 130 Å². The number of carbonyl (C=O) groups excluding carboxylic acids is 2. The molecule has 0 radical (unpaired) electrons. The smallest absolute Gasteiger partial charge is 0.408 e. The first-order valence-electron chi connectivity index (χ1n) is 7.24. The maximum absolute atomic E-state index is 12.3. The number of anilines is 1. The molecule has 0 unspecified atom stereocenters. The van der Waals surface area contributed by atoms with Crippen molar-refractivity contribution in [2.24, 2.45) is 5.92 Å². The fourth-order valence-electron chi connectivity index (χ4n) is 1.73. The molecule has 0 spiro atoms. The first kappa shape index (κ1) is 17.9. The first-order chi connectivity index (χ1) is 10.2. The van der Waals surface area contributed by atoms with E-state index in [-0.39, 0.29) is 11.8 Å². The van der Waals surface area contributed by atoms with Crippen LogP contribution >= 0.6 is 0 Å². The van der Waals surface area contributed by atoms with E-state index >= 15 is 0 Å². The summed E-state index contributed by atoms with van der Waals surface area (Å²) in [4.78, 5) is 32.0. The monoisotopic (exact) mass is 308 g/mol. The van der Waals surface area contributed by atoms with Gasteiger partial charge in [0, 0.05) is 12.4 Å². The quantitative estimate of drug-likeness (QED) is 0.871. The minimum atomic E-state index is -0.697. The maximum Gasteiger partial charge on any atom is 0.408 e. The Balaban J connectivity index is 2.71. The fourth-order valence-corrected chi connectivity index (χ4v) is 1.73. The van der Waals surface area contributed by atoms with Crippen LogP contribution in [0.2, 0.25) is 0 Å². The van der Waals surface area contributed by atoms with E-state index in [4.69, 9.17) is 4.74 Å². The minimum absolute atomic E-state index is 0.229. The molecule has 0 aliphatic heterocycles. The number of ether oxygens (including phenoxy) is 1. The lowest BCUT2D eigenvalue weighted by Crippen LogP contribution is -2.46. The highest BCUT2D eigenvalue weighted by molar-refractivity contribution is 5.95. The zero-order valence-corrected chi connectivity index (χ0v) is 13.7. The average molecular weight is 308 g/mol. The van der Waals surface area contributed by atoms with Crippen LogP contribution in [0.3, 0.4) is 0 Å². The van der Waals surface area contributed by atoms with Crippen LogP contribution < -0.4 is 10.6 Å². The van der Waals surface area contributed by atoms with Gasteiger partial charge in [0.15, 0.2) is 5.82 Å². The summed E-state index contributed by atoms with van der Waals surface area (Å²) in [6, 6.07) is -0.697. The van der Waals surface area contributed by atoms with E-state index in [2.05, 4.69) is 20.6 Å². The van der Waals surface area contributed by atoms with E-state index in [1.165, 1.54) is 18.6 Å². The van der Waals surface area contributed by atoms with Crippen LogP contribution in [0.5, 0.6) is 0 Å². The molecular weight excluding hydrogens is 284 g/mol. The van der Waals surface area contributed by atoms with Gasteiger partial charge < -0.3 is 15.4 Å². The lowest BCUT2D eigenvalue weighted by Gasteiger charge is -2.24. The number of nitrogens with one attached hydrogen (secondary N) is 2. The number of alkyl carbamates (subject to hydrolysis) is 1. The van der Waals surface area contributed by atoms with Crippen LogP contribution in [0.4, 0.5) is 10.6 Å². The molecule has 0 saturated heterocycles. The highest BCUT2D eigenvalue weighted by atomic mass is 16.6. The molecule has 0 aliphatic carbocycles. The predicted molar refractivity (Wildman–Crippen MR) is 83.3 cm³/mol. The van der Waals surface area contributed by atoms with Crippen molar-refractivity contribution in [2.75, 3.05) is 5.32 Å². The lowest BCUT2D eigenvalue weighted by atomic mass is 10.0. The van der Waals surface area contributed by atoms with Crippen LogP contribution in [0, 0.1) is 5.92 Å². The van der Waals surface area contributed by atoms with Crippen LogP contribution in [0.1, 0.15) is 41.0 Å². The molecule has 2 amide bonds. The molecule has 7 nitrogen and oxygen atoms in total. The fraction of sp³-hybridized carbons (Fsp3) is 0.600. The van der Waals surface area contributed by atoms with E-state index < -0.39 is 17.7 Å². The number of carbonyl (C=O) groups is 2. The Hall–Kier alpha value is -2.18. The summed E-state index contributed by atoms with van der Waals surface area (Å²) in [6.45, 7) is 9.25. The third-order valence-corrected chi connectivity index (χ3v) is 2.53. The Kier molecular flexibility index (Phi) is 6.27. The van der Waals surface area contributed by atoms with E-state index in [0.29, 0.717) is 12.2 Å². The molecule has 1 heterocycles. The van der Waals surface area contributed by atoms with Gasteiger partial charge in [-0.15, -0.1) is 0 Å². The number of amides is 2. The van der Waals surface area contributed by atoms with Gasteiger partial charge in [0.2, 0.25) is 5.91 Å². The number of hydrogen-bond acceptors (Lipinski definition) is 5. The van der Waals surface area contributed by atoms with Crippen molar-refractivity contribution >= 4 is 17.8 Å². The van der Waals surface area contributed by atoms with Crippen molar-refractivity contribution in [1.29, 1.82) is 0 Å². The molecule has 0 aliphatic rings. The maximum atomic E-state index is 12.3. The van der Waals surface area contributed by atoms with Gasteiger partial charge in [-0.25, -0.2) is 9.78 Å². The summed E-state index contributed by atoms with van der Waals surface area (Å²) >= 11 is 0. The van der Waals surface area contributed by atoms with E-state index in [1.54, 1.807) is 20.8 Å². The molecule has 0 saturated carbocycles. The van der Waals surface area contributed by atoms with Crippen LogP contribution in [0.15, 0.2) is 18.6 Å². The van der Waals surface area contributed by atoms with Gasteiger partial charge in [0.1, 0.15) is 11.6 Å². The van der Waals surface area contributed by atoms with Crippen molar-refractivity contribution in [3.8, 4) is 0 Å². The number of rotatable bonds is 5. The number of hydrogen-bond donors (Lipinski definition) is 2. The van der Waals surface area contributed by atoms with E-state index in [0.717, 1.165) is 0 Å². The van der Waals surface area contributed by atoms with E-state index in [9.17, 15) is 9.59 Å². The Morgan fingerprint density at radius 1 is 1.27 bits per heavy atom. The molecule has 7 heteroatoms. The summed E-state index contributed by atoms with van der Waals surface area (Å²) in [5.74, 6) is 0.222. The van der Waals surface area contributed by atoms with Crippen molar-refractivity contribution in [3.05, 3.63) is 18.6 Å². The van der Waals surface area contributed by atoms with Crippen LogP contribution in [-0.2, 0) is 9.53 Å². The van der Waals surface area contributed by atoms with Gasteiger partial charge >= 0.3 is 6.09 Å². The molecule has 2 N–H and O–H groups in total. The van der Waals surface area contributed by atoms with Crippen LogP contribution in [0.25, 0.3) is 0 Å². The van der Waals surface area contributed by atoms with Crippen molar-refractivity contribution in [2.45, 2.75) is 52.7 Å². The largest absolute Gasteiger partial charge is 0.444 e. The third-order valence-electron chi connectivity index (χ3n) is 2.53. The van der Waals surface area contributed by atoms with Crippen molar-refractivity contribution in [3.63, 3.8) is 0 Å². The summed E-state index contributed by atoms with van der Waals surface area (Å²) < 4.78 is 5.19. The molecule has 1 aromatic heterocycles. The molecule has 1 aromatic rings. The Bertz CT molecular complexity index is 497. The lowest BCUT2D eigenvalue weighted by molar-refractivity contribution is -0.118. The third kappa shape index (κ3) is 7.01. The second-order valence-electron chi connectivity index (χ2n) is 6.41. The summed E-state index contributed by atoms with van der Waals surface area (Å²) in [6.07, 6.45) is 4.31. The highest BCUT2D eigenvalue weighted by Crippen LogP contribution is 2.11. The summed E-state index contributed by atoms with van der Waals surface area (Å²) in [5, 5.41) is 5.24. The molecular formula is C15H24N4O3. The second-order valence-corrected chi connectivity index (χ2v) is 6.41. The molecule has 1 rings (SSSR count). The SMILES string of the molecule is CC(C)C[C@H](NC(=O)OC(C)(C)C)C(=O)Nc1cnccn1. The normalized spacial score (nSPS) is 12.6. The van der Waals surface area contributed by atoms with Gasteiger partial charge in [-0.05, 0) is 33.1 Å². The summed E-state index contributed by atoms with van der Waals surface area (Å²) in [7, 11) is 0. The first-order valence-corrected chi connectivity index (χ1v) is 7.24. The zero-order chi connectivity index (χ0) is 16.8. The molecule has 0 bridgehead atoms. The highest BCUT2D eigenvalue weighted by Gasteiger charge is 2.25. The van der Waals surface area contributed by atoms with Gasteiger partial charge in [0.25, 0.3) is 0 Å². The Morgan fingerprint density at radius 2 is 1.95 bits per heavy atom. The van der Waals surface area contributed by atoms with E-state index in [1.807, 2.05) is 13.8 Å². The summed E-state index contributed by atoms with van der Waals surface area (Å²) in [5.41, 5.74) is -0.617.